The molecular formula is C26H29ClN8O. The number of pyridine rings is 2. The van der Waals surface area contributed by atoms with E-state index in [-0.39, 0.29) is 12.2 Å². The van der Waals surface area contributed by atoms with Crippen molar-refractivity contribution in [3.8, 4) is 0 Å². The molecule has 0 spiro atoms. The molecule has 2 atom stereocenters. The van der Waals surface area contributed by atoms with Crippen molar-refractivity contribution in [2.24, 2.45) is 0 Å². The number of hydrogen-bond acceptors (Lipinski definition) is 9. The van der Waals surface area contributed by atoms with Crippen molar-refractivity contribution in [1.29, 1.82) is 0 Å². The Balaban J connectivity index is 1.49. The molecule has 1 saturated heterocycles. The number of likely N-dealkylation sites (N-methyl/N-ethyl adjacent to an activating group) is 1. The van der Waals surface area contributed by atoms with Crippen molar-refractivity contribution in [3.63, 3.8) is 0 Å². The van der Waals surface area contributed by atoms with Crippen molar-refractivity contribution in [1.82, 2.24) is 29.7 Å². The lowest BCUT2D eigenvalue weighted by atomic mass is 10.0. The monoisotopic (exact) mass is 504 g/mol. The Hall–Kier alpha value is -3.40. The van der Waals surface area contributed by atoms with E-state index in [1.54, 1.807) is 18.7 Å². The number of nitrogens with zero attached hydrogens (tertiary/aromatic N) is 7. The quantitative estimate of drug-likeness (QED) is 0.379. The summed E-state index contributed by atoms with van der Waals surface area (Å²) in [7, 11) is 3.85. The molecule has 1 aliphatic rings. The zero-order chi connectivity index (χ0) is 25.2. The van der Waals surface area contributed by atoms with E-state index in [0.717, 1.165) is 71.5 Å². The summed E-state index contributed by atoms with van der Waals surface area (Å²) >= 11 is 6.54. The number of rotatable bonds is 7. The first kappa shape index (κ1) is 24.3. The molecule has 1 fully saturated rings. The maximum absolute atomic E-state index is 11.6. The number of fused-ring (bicyclic) bond motifs is 2. The number of nitrogens with one attached hydrogen (secondary N) is 1. The molecule has 0 amide bonds. The molecule has 0 radical (unpaired) electrons. The standard InChI is InChI=1S/C26H29ClN8O/c1-17(31-25-19-7-8-28-14-22(19)29-16-30-25)20-13-18-5-4-6-21(27)24(18)32-26(20)35-11-9-34(10-12-35)23(15-36)33(2)3/h4-8,13-17,23H,9-12H2,1-3H3,(H,29,30,31)/t17-,23?/m0/s1. The average molecular weight is 505 g/mol. The van der Waals surface area contributed by atoms with Crippen molar-refractivity contribution < 1.29 is 4.79 Å². The molecule has 1 unspecified atom stereocenters. The molecule has 4 aromatic rings. The summed E-state index contributed by atoms with van der Waals surface area (Å²) in [6, 6.07) is 9.82. The SMILES string of the molecule is C[C@H](Nc1ncnc2cnccc12)c1cc2cccc(Cl)c2nc1N1CCN(C(C=O)N(C)C)CC1. The Kier molecular flexibility index (Phi) is 6.95. The highest BCUT2D eigenvalue weighted by molar-refractivity contribution is 6.35. The van der Waals surface area contributed by atoms with Gasteiger partial charge in [-0.15, -0.1) is 0 Å². The number of piperazine rings is 1. The van der Waals surface area contributed by atoms with Gasteiger partial charge in [0.15, 0.2) is 6.29 Å². The zero-order valence-electron chi connectivity index (χ0n) is 20.6. The van der Waals surface area contributed by atoms with Gasteiger partial charge in [0, 0.05) is 48.7 Å². The fourth-order valence-corrected chi connectivity index (χ4v) is 5.00. The fraction of sp³-hybridized carbons (Fsp3) is 0.346. The van der Waals surface area contributed by atoms with Gasteiger partial charge in [-0.2, -0.15) is 0 Å². The molecular weight excluding hydrogens is 476 g/mol. The van der Waals surface area contributed by atoms with Crippen LogP contribution in [0.1, 0.15) is 18.5 Å². The lowest BCUT2D eigenvalue weighted by molar-refractivity contribution is -0.117. The van der Waals surface area contributed by atoms with Gasteiger partial charge in [0.2, 0.25) is 0 Å². The lowest BCUT2D eigenvalue weighted by Gasteiger charge is -2.40. The van der Waals surface area contributed by atoms with E-state index in [1.807, 2.05) is 43.3 Å². The summed E-state index contributed by atoms with van der Waals surface area (Å²) in [5, 5.41) is 6.09. The average Bonchev–Trinajstić information content (AvgIpc) is 2.89. The third-order valence-electron chi connectivity index (χ3n) is 6.70. The van der Waals surface area contributed by atoms with Gasteiger partial charge in [-0.05, 0) is 39.2 Å². The molecule has 1 aromatic carbocycles. The second kappa shape index (κ2) is 10.3. The number of carbonyl (C=O) groups is 1. The summed E-state index contributed by atoms with van der Waals surface area (Å²) in [6.45, 7) is 5.13. The van der Waals surface area contributed by atoms with Crippen LogP contribution >= 0.6 is 11.6 Å². The summed E-state index contributed by atoms with van der Waals surface area (Å²) in [5.41, 5.74) is 2.62. The molecule has 1 N–H and O–H groups in total. The molecule has 4 heterocycles. The minimum absolute atomic E-state index is 0.0929. The molecule has 1 aliphatic heterocycles. The second-order valence-electron chi connectivity index (χ2n) is 9.23. The normalized spacial score (nSPS) is 16.4. The number of carbonyl (C=O) groups excluding carboxylic acids is 1. The second-order valence-corrected chi connectivity index (χ2v) is 9.64. The largest absolute Gasteiger partial charge is 0.363 e. The predicted molar refractivity (Wildman–Crippen MR) is 143 cm³/mol. The van der Waals surface area contributed by atoms with E-state index in [2.05, 4.69) is 43.1 Å². The summed E-state index contributed by atoms with van der Waals surface area (Å²) in [4.78, 5) is 36.1. The molecule has 0 aliphatic carbocycles. The Morgan fingerprint density at radius 3 is 2.69 bits per heavy atom. The number of benzene rings is 1. The molecule has 36 heavy (non-hydrogen) atoms. The minimum Gasteiger partial charge on any atom is -0.363 e. The number of hydrogen-bond donors (Lipinski definition) is 1. The molecule has 9 nitrogen and oxygen atoms in total. The number of aromatic nitrogens is 4. The summed E-state index contributed by atoms with van der Waals surface area (Å²) in [5.74, 6) is 1.64. The van der Waals surface area contributed by atoms with Crippen molar-refractivity contribution >= 4 is 51.3 Å². The van der Waals surface area contributed by atoms with E-state index >= 15 is 0 Å². The van der Waals surface area contributed by atoms with Crippen molar-refractivity contribution in [2.75, 3.05) is 50.5 Å². The highest BCUT2D eigenvalue weighted by Crippen LogP contribution is 2.34. The first-order chi connectivity index (χ1) is 17.5. The number of para-hydroxylation sites is 1. The van der Waals surface area contributed by atoms with Crippen LogP contribution in [0.15, 0.2) is 49.1 Å². The number of aldehydes is 1. The third-order valence-corrected chi connectivity index (χ3v) is 7.01. The first-order valence-corrected chi connectivity index (χ1v) is 12.3. The zero-order valence-corrected chi connectivity index (χ0v) is 21.4. The highest BCUT2D eigenvalue weighted by Gasteiger charge is 2.28. The van der Waals surface area contributed by atoms with E-state index < -0.39 is 0 Å². The van der Waals surface area contributed by atoms with Crippen LogP contribution in [0.5, 0.6) is 0 Å². The van der Waals surface area contributed by atoms with Crippen molar-refractivity contribution in [2.45, 2.75) is 19.1 Å². The lowest BCUT2D eigenvalue weighted by Crippen LogP contribution is -2.55. The van der Waals surface area contributed by atoms with Gasteiger partial charge in [-0.3, -0.25) is 14.8 Å². The molecule has 5 rings (SSSR count). The van der Waals surface area contributed by atoms with Crippen LogP contribution in [0, 0.1) is 0 Å². The van der Waals surface area contributed by atoms with Gasteiger partial charge in [-0.25, -0.2) is 15.0 Å². The van der Waals surface area contributed by atoms with E-state index in [1.165, 1.54) is 0 Å². The van der Waals surface area contributed by atoms with Gasteiger partial charge in [-0.1, -0.05) is 23.7 Å². The van der Waals surface area contributed by atoms with Crippen LogP contribution in [0.2, 0.25) is 5.02 Å². The Labute approximate surface area is 215 Å². The molecule has 3 aromatic heterocycles. The first-order valence-electron chi connectivity index (χ1n) is 12.0. The van der Waals surface area contributed by atoms with E-state index in [4.69, 9.17) is 16.6 Å². The van der Waals surface area contributed by atoms with Gasteiger partial charge in [0.1, 0.15) is 24.1 Å². The van der Waals surface area contributed by atoms with Gasteiger partial charge < -0.3 is 15.0 Å². The summed E-state index contributed by atoms with van der Waals surface area (Å²) in [6.07, 6.45) is 5.80. The molecule has 186 valence electrons. The van der Waals surface area contributed by atoms with Gasteiger partial charge in [0.05, 0.1) is 28.3 Å². The molecule has 0 bridgehead atoms. The maximum Gasteiger partial charge on any atom is 0.151 e. The van der Waals surface area contributed by atoms with Gasteiger partial charge in [0.25, 0.3) is 0 Å². The van der Waals surface area contributed by atoms with Crippen LogP contribution in [0.3, 0.4) is 0 Å². The fourth-order valence-electron chi connectivity index (χ4n) is 4.78. The van der Waals surface area contributed by atoms with Crippen LogP contribution in [0.4, 0.5) is 11.6 Å². The highest BCUT2D eigenvalue weighted by atomic mass is 35.5. The topological polar surface area (TPSA) is 90.4 Å². The Bertz CT molecular complexity index is 1380. The molecule has 0 saturated carbocycles. The third kappa shape index (κ3) is 4.69. The maximum atomic E-state index is 11.6. The van der Waals surface area contributed by atoms with E-state index in [9.17, 15) is 4.79 Å². The van der Waals surface area contributed by atoms with E-state index in [0.29, 0.717) is 5.02 Å². The Morgan fingerprint density at radius 1 is 1.14 bits per heavy atom. The van der Waals surface area contributed by atoms with Gasteiger partial charge >= 0.3 is 0 Å². The van der Waals surface area contributed by atoms with Crippen LogP contribution in [-0.2, 0) is 4.79 Å². The molecule has 10 heteroatoms. The number of halogens is 1. The Morgan fingerprint density at radius 2 is 1.94 bits per heavy atom. The van der Waals surface area contributed by atoms with Crippen molar-refractivity contribution in [3.05, 3.63) is 59.6 Å². The van der Waals surface area contributed by atoms with Crippen LogP contribution in [-0.4, -0.2) is 82.5 Å². The van der Waals surface area contributed by atoms with Crippen LogP contribution < -0.4 is 10.2 Å². The summed E-state index contributed by atoms with van der Waals surface area (Å²) < 4.78 is 0. The minimum atomic E-state index is -0.230. The predicted octanol–water partition coefficient (Wildman–Crippen LogP) is 3.61. The smallest absolute Gasteiger partial charge is 0.151 e. The number of anilines is 2. The van der Waals surface area contributed by atoms with Crippen LogP contribution in [0.25, 0.3) is 21.8 Å².